The zero-order valence-electron chi connectivity index (χ0n) is 8.09. The van der Waals surface area contributed by atoms with Gasteiger partial charge in [0.05, 0.1) is 11.3 Å². The Bertz CT molecular complexity index is 402. The van der Waals surface area contributed by atoms with Crippen LogP contribution in [0.15, 0.2) is 23.3 Å². The van der Waals surface area contributed by atoms with Gasteiger partial charge >= 0.3 is 5.96 Å². The molecule has 0 atom stereocenters. The van der Waals surface area contributed by atoms with Gasteiger partial charge in [0.25, 0.3) is 0 Å². The first-order chi connectivity index (χ1) is 7.02. The summed E-state index contributed by atoms with van der Waals surface area (Å²) in [4.78, 5) is 0. The third-order valence-corrected chi connectivity index (χ3v) is 1.68. The fraction of sp³-hybridized carbons (Fsp3) is 0.111. The fourth-order valence-corrected chi connectivity index (χ4v) is 1.05. The number of rotatable bonds is 2. The van der Waals surface area contributed by atoms with Gasteiger partial charge in [0, 0.05) is 0 Å². The second kappa shape index (κ2) is 4.50. The van der Waals surface area contributed by atoms with Crippen LogP contribution in [0.4, 0.5) is 8.78 Å². The highest BCUT2D eigenvalue weighted by atomic mass is 19.1. The van der Waals surface area contributed by atoms with Crippen LogP contribution in [0.25, 0.3) is 0 Å². The third-order valence-electron chi connectivity index (χ3n) is 1.68. The minimum absolute atomic E-state index is 0.124. The summed E-state index contributed by atoms with van der Waals surface area (Å²) in [5.41, 5.74) is 10.1. The lowest BCUT2D eigenvalue weighted by Crippen LogP contribution is -2.72. The molecule has 0 amide bonds. The minimum Gasteiger partial charge on any atom is -0.289 e. The van der Waals surface area contributed by atoms with Gasteiger partial charge in [-0.1, -0.05) is 6.07 Å². The average Bonchev–Trinajstić information content (AvgIpc) is 2.14. The van der Waals surface area contributed by atoms with Gasteiger partial charge < -0.3 is 0 Å². The molecule has 5 N–H and O–H groups in total. The molecule has 0 heterocycles. The lowest BCUT2D eigenvalue weighted by Gasteiger charge is -2.01. The van der Waals surface area contributed by atoms with Crippen LogP contribution in [-0.2, 0) is 0 Å². The first kappa shape index (κ1) is 11.1. The Balaban J connectivity index is 3.16. The van der Waals surface area contributed by atoms with Gasteiger partial charge in [0.1, 0.15) is 11.6 Å². The van der Waals surface area contributed by atoms with E-state index in [0.717, 1.165) is 12.1 Å². The van der Waals surface area contributed by atoms with E-state index in [1.54, 1.807) is 0 Å². The maximum Gasteiger partial charge on any atom is 0.362 e. The molecule has 4 nitrogen and oxygen atoms in total. The van der Waals surface area contributed by atoms with Crippen molar-refractivity contribution in [1.29, 1.82) is 0 Å². The summed E-state index contributed by atoms with van der Waals surface area (Å²) in [5, 5.41) is 5.84. The number of guanidine groups is 1. The van der Waals surface area contributed by atoms with E-state index in [4.69, 9.17) is 11.5 Å². The Kier molecular flexibility index (Phi) is 3.33. The lowest BCUT2D eigenvalue weighted by molar-refractivity contribution is -0.464. The molecule has 15 heavy (non-hydrogen) atoms. The van der Waals surface area contributed by atoms with Gasteiger partial charge in [-0.05, 0) is 19.1 Å². The summed E-state index contributed by atoms with van der Waals surface area (Å²) >= 11 is 0. The fourth-order valence-electron chi connectivity index (χ4n) is 1.05. The van der Waals surface area contributed by atoms with Gasteiger partial charge in [-0.25, -0.2) is 8.78 Å². The van der Waals surface area contributed by atoms with E-state index in [9.17, 15) is 8.78 Å². The predicted octanol–water partition coefficient (Wildman–Crippen LogP) is -0.957. The van der Waals surface area contributed by atoms with Crippen molar-refractivity contribution in [2.24, 2.45) is 16.6 Å². The molecule has 0 radical (unpaired) electrons. The van der Waals surface area contributed by atoms with E-state index in [1.807, 2.05) is 0 Å². The van der Waals surface area contributed by atoms with E-state index < -0.39 is 11.6 Å². The van der Waals surface area contributed by atoms with E-state index in [0.29, 0.717) is 0 Å². The molecule has 0 aliphatic rings. The maximum atomic E-state index is 13.2. The second-order valence-corrected chi connectivity index (χ2v) is 2.86. The molecule has 0 saturated heterocycles. The van der Waals surface area contributed by atoms with E-state index in [-0.39, 0.29) is 17.2 Å². The SMILES string of the molecule is C/C(=N/[NH+]=C(N)N)c1c(F)cccc1F. The van der Waals surface area contributed by atoms with Gasteiger partial charge in [0.2, 0.25) is 0 Å². The predicted molar refractivity (Wildman–Crippen MR) is 52.9 cm³/mol. The van der Waals surface area contributed by atoms with Gasteiger partial charge in [-0.15, -0.1) is 5.10 Å². The number of nitrogens with zero attached hydrogens (tertiary/aromatic N) is 1. The summed E-state index contributed by atoms with van der Waals surface area (Å²) in [6.45, 7) is 1.44. The Labute approximate surface area is 85.3 Å². The lowest BCUT2D eigenvalue weighted by atomic mass is 10.1. The highest BCUT2D eigenvalue weighted by Gasteiger charge is 2.11. The first-order valence-corrected chi connectivity index (χ1v) is 4.15. The second-order valence-electron chi connectivity index (χ2n) is 2.86. The highest BCUT2D eigenvalue weighted by molar-refractivity contribution is 5.98. The average molecular weight is 213 g/mol. The number of nitrogens with one attached hydrogen (secondary N) is 1. The summed E-state index contributed by atoms with van der Waals surface area (Å²) in [7, 11) is 0. The van der Waals surface area contributed by atoms with E-state index in [1.165, 1.54) is 13.0 Å². The summed E-state index contributed by atoms with van der Waals surface area (Å²) in [5.74, 6) is -1.52. The number of hydrogen-bond acceptors (Lipinski definition) is 1. The van der Waals surface area contributed by atoms with Crippen LogP contribution in [-0.4, -0.2) is 11.7 Å². The van der Waals surface area contributed by atoms with Crippen LogP contribution in [0.2, 0.25) is 0 Å². The molecule has 80 valence electrons. The van der Waals surface area contributed by atoms with Crippen molar-refractivity contribution in [3.63, 3.8) is 0 Å². The van der Waals surface area contributed by atoms with Crippen LogP contribution >= 0.6 is 0 Å². The van der Waals surface area contributed by atoms with Gasteiger partial charge in [-0.3, -0.25) is 11.5 Å². The molecule has 1 aromatic rings. The Morgan fingerprint density at radius 3 is 2.27 bits per heavy atom. The standard InChI is InChI=1S/C9H10F2N4/c1-5(14-15-9(12)13)8-6(10)3-2-4-7(8)11/h2-4H,1H3,(H4,12,13,15)/p+1/b14-5-. The molecule has 1 aromatic carbocycles. The Morgan fingerprint density at radius 2 is 1.80 bits per heavy atom. The third kappa shape index (κ3) is 2.73. The molecule has 0 fully saturated rings. The molecule has 0 unspecified atom stereocenters. The molecular formula is C9H11F2N4+. The van der Waals surface area contributed by atoms with Crippen molar-refractivity contribution in [1.82, 2.24) is 0 Å². The monoisotopic (exact) mass is 213 g/mol. The van der Waals surface area contributed by atoms with E-state index >= 15 is 0 Å². The summed E-state index contributed by atoms with van der Waals surface area (Å²) in [6, 6.07) is 3.57. The number of nitrogens with two attached hydrogens (primary N) is 2. The van der Waals surface area contributed by atoms with Crippen LogP contribution in [0, 0.1) is 11.6 Å². The van der Waals surface area contributed by atoms with Gasteiger partial charge in [-0.2, -0.15) is 5.10 Å². The number of hydrazone groups is 1. The number of benzene rings is 1. The summed E-state index contributed by atoms with van der Waals surface area (Å²) in [6.07, 6.45) is 0. The molecule has 1 rings (SSSR count). The number of hydrogen-bond donors (Lipinski definition) is 3. The minimum atomic E-state index is -0.686. The van der Waals surface area contributed by atoms with Crippen molar-refractivity contribution >= 4 is 11.7 Å². The summed E-state index contributed by atoms with van der Waals surface area (Å²) < 4.78 is 26.4. The zero-order chi connectivity index (χ0) is 11.4. The molecule has 0 bridgehead atoms. The first-order valence-electron chi connectivity index (χ1n) is 4.15. The topological polar surface area (TPSA) is 78.4 Å². The zero-order valence-corrected chi connectivity index (χ0v) is 8.09. The molecule has 0 aliphatic carbocycles. The van der Waals surface area contributed by atoms with Crippen molar-refractivity contribution in [2.75, 3.05) is 0 Å². The normalized spacial score (nSPS) is 11.3. The van der Waals surface area contributed by atoms with Crippen molar-refractivity contribution in [2.45, 2.75) is 6.92 Å². The quantitative estimate of drug-likeness (QED) is 0.336. The molecule has 0 aliphatic heterocycles. The maximum absolute atomic E-state index is 13.2. The van der Waals surface area contributed by atoms with Crippen LogP contribution in [0.1, 0.15) is 12.5 Å². The molecule has 0 aromatic heterocycles. The van der Waals surface area contributed by atoms with Crippen molar-refractivity contribution in [3.8, 4) is 0 Å². The van der Waals surface area contributed by atoms with Crippen LogP contribution in [0.3, 0.4) is 0 Å². The van der Waals surface area contributed by atoms with Crippen LogP contribution in [0.5, 0.6) is 0 Å². The van der Waals surface area contributed by atoms with Crippen LogP contribution < -0.4 is 16.6 Å². The highest BCUT2D eigenvalue weighted by Crippen LogP contribution is 2.12. The molecule has 0 spiro atoms. The largest absolute Gasteiger partial charge is 0.362 e. The van der Waals surface area contributed by atoms with E-state index in [2.05, 4.69) is 10.2 Å². The molecular weight excluding hydrogens is 202 g/mol. The Morgan fingerprint density at radius 1 is 1.27 bits per heavy atom. The smallest absolute Gasteiger partial charge is 0.289 e. The molecule has 0 saturated carbocycles. The van der Waals surface area contributed by atoms with Crippen molar-refractivity contribution in [3.05, 3.63) is 35.4 Å². The van der Waals surface area contributed by atoms with Gasteiger partial charge in [0.15, 0.2) is 0 Å². The Hall–Kier alpha value is -1.98. The molecule has 6 heteroatoms. The van der Waals surface area contributed by atoms with Crippen molar-refractivity contribution < 1.29 is 13.9 Å². The number of halogens is 2.